The fourth-order valence-electron chi connectivity index (χ4n) is 5.16. The highest BCUT2D eigenvalue weighted by molar-refractivity contribution is 5.75. The zero-order valence-corrected chi connectivity index (χ0v) is 22.4. The molecule has 3 heterocycles. The lowest BCUT2D eigenvalue weighted by atomic mass is 9.88. The first kappa shape index (κ1) is 24.1. The summed E-state index contributed by atoms with van der Waals surface area (Å²) < 4.78 is 6.52. The number of benzene rings is 3. The average molecular weight is 504 g/mol. The molecule has 192 valence electrons. The largest absolute Gasteiger partial charge is 0.457 e. The Hall–Kier alpha value is -4.29. The molecule has 38 heavy (non-hydrogen) atoms. The van der Waals surface area contributed by atoms with Crippen LogP contribution in [0.4, 0.5) is 17.1 Å². The lowest BCUT2D eigenvalue weighted by Crippen LogP contribution is -2.49. The average Bonchev–Trinajstić information content (AvgIpc) is 3.38. The van der Waals surface area contributed by atoms with E-state index in [1.54, 1.807) is 0 Å². The molecule has 6 nitrogen and oxygen atoms in total. The van der Waals surface area contributed by atoms with E-state index in [0.717, 1.165) is 47.5 Å². The van der Waals surface area contributed by atoms with Crippen molar-refractivity contribution in [2.75, 3.05) is 37.2 Å². The molecule has 0 radical (unpaired) electrons. The van der Waals surface area contributed by atoms with Gasteiger partial charge in [0.1, 0.15) is 11.5 Å². The minimum atomic E-state index is -0.0659. The minimum Gasteiger partial charge on any atom is -0.457 e. The quantitative estimate of drug-likeness (QED) is 0.292. The van der Waals surface area contributed by atoms with Gasteiger partial charge < -0.3 is 19.4 Å². The Morgan fingerprint density at radius 2 is 1.58 bits per heavy atom. The summed E-state index contributed by atoms with van der Waals surface area (Å²) >= 11 is 0. The highest BCUT2D eigenvalue weighted by Crippen LogP contribution is 2.44. The van der Waals surface area contributed by atoms with Gasteiger partial charge in [-0.05, 0) is 68.9 Å². The number of hydrogen-bond donors (Lipinski definition) is 0. The third-order valence-electron chi connectivity index (χ3n) is 7.59. The summed E-state index contributed by atoms with van der Waals surface area (Å²) in [4.78, 5) is 13.7. The maximum Gasteiger partial charge on any atom is 0.130 e. The molecule has 6 rings (SSSR count). The van der Waals surface area contributed by atoms with E-state index in [1.807, 2.05) is 36.5 Å². The van der Waals surface area contributed by atoms with Crippen LogP contribution in [0.25, 0.3) is 11.3 Å². The first-order valence-electron chi connectivity index (χ1n) is 13.0. The number of aromatic nitrogens is 1. The van der Waals surface area contributed by atoms with Crippen LogP contribution in [0.3, 0.4) is 0 Å². The second-order valence-electron chi connectivity index (χ2n) is 10.5. The van der Waals surface area contributed by atoms with Crippen LogP contribution >= 0.6 is 0 Å². The Kier molecular flexibility index (Phi) is 6.04. The van der Waals surface area contributed by atoms with Crippen molar-refractivity contribution in [3.63, 3.8) is 0 Å². The maximum absolute atomic E-state index is 6.52. The number of ether oxygens (including phenoxy) is 1. The molecule has 0 spiro atoms. The summed E-state index contributed by atoms with van der Waals surface area (Å²) in [5.74, 6) is 1.58. The van der Waals surface area contributed by atoms with Gasteiger partial charge in [-0.3, -0.25) is 9.88 Å². The molecule has 4 aromatic rings. The molecule has 2 aliphatic heterocycles. The van der Waals surface area contributed by atoms with Crippen molar-refractivity contribution in [2.24, 2.45) is 0 Å². The molecule has 0 fully saturated rings. The molecule has 2 aliphatic rings. The number of para-hydroxylation sites is 1. The van der Waals surface area contributed by atoms with Gasteiger partial charge in [0.2, 0.25) is 0 Å². The van der Waals surface area contributed by atoms with Gasteiger partial charge in [0.25, 0.3) is 0 Å². The summed E-state index contributed by atoms with van der Waals surface area (Å²) in [6, 6.07) is 29.3. The number of pyridine rings is 1. The summed E-state index contributed by atoms with van der Waals surface area (Å²) in [6.45, 7) is 6.14. The normalized spacial score (nSPS) is 16.6. The van der Waals surface area contributed by atoms with Crippen LogP contribution in [0.2, 0.25) is 0 Å². The molecule has 3 aromatic carbocycles. The van der Waals surface area contributed by atoms with Crippen molar-refractivity contribution in [2.45, 2.75) is 19.4 Å². The second-order valence-corrected chi connectivity index (χ2v) is 10.5. The highest BCUT2D eigenvalue weighted by atomic mass is 16.5. The number of fused-ring (bicyclic) bond motifs is 1. The van der Waals surface area contributed by atoms with Crippen molar-refractivity contribution in [3.05, 3.63) is 109 Å². The van der Waals surface area contributed by atoms with Gasteiger partial charge in [-0.2, -0.15) is 0 Å². The van der Waals surface area contributed by atoms with Crippen molar-refractivity contribution in [1.82, 2.24) is 14.8 Å². The van der Waals surface area contributed by atoms with E-state index in [-0.39, 0.29) is 5.54 Å². The second kappa shape index (κ2) is 9.54. The van der Waals surface area contributed by atoms with Gasteiger partial charge in [-0.1, -0.05) is 30.3 Å². The molecule has 0 aliphatic carbocycles. The third-order valence-corrected chi connectivity index (χ3v) is 7.59. The minimum absolute atomic E-state index is 0.0659. The lowest BCUT2D eigenvalue weighted by Gasteiger charge is -2.47. The summed E-state index contributed by atoms with van der Waals surface area (Å²) in [6.07, 6.45) is 5.99. The smallest absolute Gasteiger partial charge is 0.130 e. The molecule has 1 aromatic heterocycles. The molecule has 0 bridgehead atoms. The van der Waals surface area contributed by atoms with E-state index in [1.165, 1.54) is 11.3 Å². The molecule has 0 N–H and O–H groups in total. The zero-order valence-electron chi connectivity index (χ0n) is 22.4. The number of rotatable bonds is 5. The topological polar surface area (TPSA) is 35.1 Å². The van der Waals surface area contributed by atoms with E-state index < -0.39 is 0 Å². The monoisotopic (exact) mass is 503 g/mol. The fraction of sp³-hybridized carbons (Fsp3) is 0.219. The Labute approximate surface area is 225 Å². The van der Waals surface area contributed by atoms with Crippen molar-refractivity contribution in [1.29, 1.82) is 0 Å². The van der Waals surface area contributed by atoms with Crippen LogP contribution in [-0.2, 0) is 5.54 Å². The number of hydrogen-bond acceptors (Lipinski definition) is 6. The molecule has 0 atom stereocenters. The number of anilines is 3. The molecule has 0 amide bonds. The maximum atomic E-state index is 6.52. The van der Waals surface area contributed by atoms with Gasteiger partial charge in [0.05, 0.1) is 19.0 Å². The first-order chi connectivity index (χ1) is 18.4. The van der Waals surface area contributed by atoms with Crippen molar-refractivity contribution in [3.8, 4) is 22.8 Å². The Morgan fingerprint density at radius 3 is 2.37 bits per heavy atom. The van der Waals surface area contributed by atoms with Crippen molar-refractivity contribution >= 4 is 17.1 Å². The SMILES string of the molecule is CN1C=CN(c2cccc(Oc3cc(-c4ccccn4)cc(N4CN(C)C(C)(C)c5ccccc54)c3)c2)C1. The van der Waals surface area contributed by atoms with Crippen LogP contribution in [0.1, 0.15) is 19.4 Å². The van der Waals surface area contributed by atoms with Crippen LogP contribution in [0.5, 0.6) is 11.5 Å². The Bertz CT molecular complexity index is 1480. The highest BCUT2D eigenvalue weighted by Gasteiger charge is 2.36. The van der Waals surface area contributed by atoms with Gasteiger partial charge in [0, 0.05) is 65.9 Å². The fourth-order valence-corrected chi connectivity index (χ4v) is 5.16. The molecular weight excluding hydrogens is 470 g/mol. The summed E-state index contributed by atoms with van der Waals surface area (Å²) in [5, 5.41) is 0. The summed E-state index contributed by atoms with van der Waals surface area (Å²) in [5.41, 5.74) is 6.54. The van der Waals surface area contributed by atoms with Gasteiger partial charge in [-0.25, -0.2) is 0 Å². The van der Waals surface area contributed by atoms with Crippen LogP contribution in [-0.4, -0.2) is 42.2 Å². The van der Waals surface area contributed by atoms with E-state index >= 15 is 0 Å². The Balaban J connectivity index is 1.41. The number of nitrogens with zero attached hydrogens (tertiary/aromatic N) is 5. The molecule has 0 saturated carbocycles. The van der Waals surface area contributed by atoms with Crippen LogP contribution in [0, 0.1) is 0 Å². The van der Waals surface area contributed by atoms with E-state index in [0.29, 0.717) is 0 Å². The lowest BCUT2D eigenvalue weighted by molar-refractivity contribution is 0.150. The predicted molar refractivity (Wildman–Crippen MR) is 155 cm³/mol. The van der Waals surface area contributed by atoms with Gasteiger partial charge >= 0.3 is 0 Å². The first-order valence-corrected chi connectivity index (χ1v) is 13.0. The van der Waals surface area contributed by atoms with E-state index in [2.05, 4.69) is 120 Å². The van der Waals surface area contributed by atoms with E-state index in [9.17, 15) is 0 Å². The zero-order chi connectivity index (χ0) is 26.3. The molecule has 0 unspecified atom stereocenters. The predicted octanol–water partition coefficient (Wildman–Crippen LogP) is 7.00. The molecular formula is C32H33N5O. The van der Waals surface area contributed by atoms with Crippen LogP contribution in [0.15, 0.2) is 104 Å². The van der Waals surface area contributed by atoms with E-state index in [4.69, 9.17) is 4.74 Å². The Morgan fingerprint density at radius 1 is 0.763 bits per heavy atom. The molecule has 0 saturated heterocycles. The van der Waals surface area contributed by atoms with Crippen molar-refractivity contribution < 1.29 is 4.74 Å². The summed E-state index contributed by atoms with van der Waals surface area (Å²) in [7, 11) is 4.25. The van der Waals surface area contributed by atoms with Gasteiger partial charge in [-0.15, -0.1) is 0 Å². The van der Waals surface area contributed by atoms with Crippen LogP contribution < -0.4 is 14.5 Å². The molecule has 6 heteroatoms. The standard InChI is InChI=1S/C32H33N5O/c1-32(2)29-12-5-6-14-31(29)37(23-35(32)4)26-18-24(30-13-7-8-15-33-30)19-28(21-26)38-27-11-9-10-25(20-27)36-17-16-34(3)22-36/h5-21H,22-23H2,1-4H3. The van der Waals surface area contributed by atoms with Gasteiger partial charge in [0.15, 0.2) is 0 Å². The third kappa shape index (κ3) is 4.48.